The predicted molar refractivity (Wildman–Crippen MR) is 86.7 cm³/mol. The molecule has 1 fully saturated rings. The number of hydrogen-bond donors (Lipinski definition) is 1. The van der Waals surface area contributed by atoms with E-state index in [0.717, 1.165) is 0 Å². The maximum absolute atomic E-state index is 14.0. The number of sulfonamides is 1. The molecule has 0 amide bonds. The van der Waals surface area contributed by atoms with Crippen molar-refractivity contribution in [3.63, 3.8) is 0 Å². The van der Waals surface area contributed by atoms with Crippen LogP contribution in [0.3, 0.4) is 0 Å². The van der Waals surface area contributed by atoms with Crippen LogP contribution in [0, 0.1) is 17.1 Å². The van der Waals surface area contributed by atoms with Crippen LogP contribution in [0.25, 0.3) is 0 Å². The molecular formula is C16H22FN3O2S. The van der Waals surface area contributed by atoms with Gasteiger partial charge in [-0.3, -0.25) is 0 Å². The normalized spacial score (nSPS) is 18.5. The van der Waals surface area contributed by atoms with Gasteiger partial charge in [-0.1, -0.05) is 6.07 Å². The number of nitrogens with one attached hydrogen (secondary N) is 1. The van der Waals surface area contributed by atoms with Crippen molar-refractivity contribution >= 4 is 10.0 Å². The highest BCUT2D eigenvalue weighted by Crippen LogP contribution is 2.21. The Labute approximate surface area is 137 Å². The van der Waals surface area contributed by atoms with Crippen molar-refractivity contribution in [3.8, 4) is 6.07 Å². The molecule has 23 heavy (non-hydrogen) atoms. The largest absolute Gasteiger partial charge is 0.307 e. The average Bonchev–Trinajstić information content (AvgIpc) is 2.55. The zero-order valence-corrected chi connectivity index (χ0v) is 14.2. The van der Waals surface area contributed by atoms with Crippen LogP contribution in [0.1, 0.15) is 43.9 Å². The summed E-state index contributed by atoms with van der Waals surface area (Å²) in [7, 11) is -3.12. The SMILES string of the molecule is CCS(=O)(=O)N1CCC(N[C@H](C)c2ccc(C#N)cc2F)CC1. The lowest BCUT2D eigenvalue weighted by Crippen LogP contribution is -2.45. The maximum Gasteiger partial charge on any atom is 0.213 e. The molecule has 1 aliphatic heterocycles. The molecule has 2 rings (SSSR count). The summed E-state index contributed by atoms with van der Waals surface area (Å²) in [5, 5.41) is 12.1. The van der Waals surface area contributed by atoms with Gasteiger partial charge in [-0.15, -0.1) is 0 Å². The number of benzene rings is 1. The summed E-state index contributed by atoms with van der Waals surface area (Å²) in [6, 6.07) is 6.35. The van der Waals surface area contributed by atoms with Crippen LogP contribution in [0.5, 0.6) is 0 Å². The van der Waals surface area contributed by atoms with E-state index in [-0.39, 0.29) is 17.8 Å². The zero-order chi connectivity index (χ0) is 17.0. The molecule has 0 radical (unpaired) electrons. The van der Waals surface area contributed by atoms with E-state index in [2.05, 4.69) is 5.32 Å². The van der Waals surface area contributed by atoms with Gasteiger partial charge in [0.25, 0.3) is 0 Å². The monoisotopic (exact) mass is 339 g/mol. The molecule has 0 bridgehead atoms. The summed E-state index contributed by atoms with van der Waals surface area (Å²) in [6.45, 7) is 4.52. The Morgan fingerprint density at radius 2 is 2.09 bits per heavy atom. The van der Waals surface area contributed by atoms with Gasteiger partial charge < -0.3 is 5.32 Å². The average molecular weight is 339 g/mol. The van der Waals surface area contributed by atoms with Gasteiger partial charge in [0, 0.05) is 30.7 Å². The van der Waals surface area contributed by atoms with Gasteiger partial charge in [0.2, 0.25) is 10.0 Å². The highest BCUT2D eigenvalue weighted by Gasteiger charge is 2.27. The standard InChI is InChI=1S/C16H22FN3O2S/c1-3-23(21,22)20-8-6-14(7-9-20)19-12(2)15-5-4-13(11-18)10-16(15)17/h4-5,10,12,14,19H,3,6-9H2,1-2H3/t12-/m1/s1. The Balaban J connectivity index is 1.95. The van der Waals surface area contributed by atoms with Gasteiger partial charge in [-0.05, 0) is 38.8 Å². The molecule has 1 saturated heterocycles. The number of piperidine rings is 1. The second kappa shape index (κ2) is 7.39. The maximum atomic E-state index is 14.0. The van der Waals surface area contributed by atoms with Crippen molar-refractivity contribution in [1.82, 2.24) is 9.62 Å². The van der Waals surface area contributed by atoms with Crippen molar-refractivity contribution in [2.24, 2.45) is 0 Å². The minimum absolute atomic E-state index is 0.123. The second-order valence-electron chi connectivity index (χ2n) is 5.81. The third-order valence-corrected chi connectivity index (χ3v) is 6.18. The van der Waals surface area contributed by atoms with Gasteiger partial charge in [0.15, 0.2) is 0 Å². The van der Waals surface area contributed by atoms with Crippen molar-refractivity contribution in [2.45, 2.75) is 38.8 Å². The van der Waals surface area contributed by atoms with E-state index in [0.29, 0.717) is 37.1 Å². The van der Waals surface area contributed by atoms with Crippen LogP contribution in [-0.2, 0) is 10.0 Å². The lowest BCUT2D eigenvalue weighted by molar-refractivity contribution is 0.276. The molecule has 0 unspecified atom stereocenters. The Kier molecular flexibility index (Phi) is 5.74. The molecule has 5 nitrogen and oxygen atoms in total. The van der Waals surface area contributed by atoms with E-state index in [1.54, 1.807) is 19.1 Å². The summed E-state index contributed by atoms with van der Waals surface area (Å²) in [6.07, 6.45) is 1.42. The third kappa shape index (κ3) is 4.28. The van der Waals surface area contributed by atoms with Gasteiger partial charge in [-0.25, -0.2) is 17.1 Å². The summed E-state index contributed by atoms with van der Waals surface area (Å²) in [5.41, 5.74) is 0.823. The molecule has 1 atom stereocenters. The first kappa shape index (κ1) is 17.9. The molecule has 1 aromatic rings. The summed E-state index contributed by atoms with van der Waals surface area (Å²) >= 11 is 0. The van der Waals surface area contributed by atoms with E-state index < -0.39 is 15.8 Å². The number of rotatable bonds is 5. The lowest BCUT2D eigenvalue weighted by atomic mass is 10.0. The topological polar surface area (TPSA) is 73.2 Å². The molecule has 1 N–H and O–H groups in total. The molecule has 0 aromatic heterocycles. The highest BCUT2D eigenvalue weighted by molar-refractivity contribution is 7.89. The Morgan fingerprint density at radius 3 is 2.61 bits per heavy atom. The molecule has 126 valence electrons. The fourth-order valence-corrected chi connectivity index (χ4v) is 4.01. The smallest absolute Gasteiger partial charge is 0.213 e. The predicted octanol–water partition coefficient (Wildman–Crippen LogP) is 2.16. The molecule has 7 heteroatoms. The number of nitrogens with zero attached hydrogens (tertiary/aromatic N) is 2. The fourth-order valence-electron chi connectivity index (χ4n) is 2.87. The Hall–Kier alpha value is -1.49. The van der Waals surface area contributed by atoms with E-state index in [1.165, 1.54) is 10.4 Å². The summed E-state index contributed by atoms with van der Waals surface area (Å²) in [5.74, 6) is -0.271. The molecule has 1 heterocycles. The second-order valence-corrected chi connectivity index (χ2v) is 8.07. The molecule has 0 spiro atoms. The quantitative estimate of drug-likeness (QED) is 0.892. The van der Waals surface area contributed by atoms with Gasteiger partial charge in [-0.2, -0.15) is 5.26 Å². The Morgan fingerprint density at radius 1 is 1.43 bits per heavy atom. The molecule has 1 aliphatic rings. The van der Waals surface area contributed by atoms with Crippen molar-refractivity contribution in [3.05, 3.63) is 35.1 Å². The van der Waals surface area contributed by atoms with Crippen LogP contribution in [0.15, 0.2) is 18.2 Å². The van der Waals surface area contributed by atoms with Gasteiger partial charge in [0.1, 0.15) is 5.82 Å². The molecule has 1 aromatic carbocycles. The van der Waals surface area contributed by atoms with Crippen LogP contribution in [0.4, 0.5) is 4.39 Å². The van der Waals surface area contributed by atoms with Crippen molar-refractivity contribution in [2.75, 3.05) is 18.8 Å². The fraction of sp³-hybridized carbons (Fsp3) is 0.562. The van der Waals surface area contributed by atoms with Crippen molar-refractivity contribution in [1.29, 1.82) is 5.26 Å². The van der Waals surface area contributed by atoms with Gasteiger partial charge >= 0.3 is 0 Å². The third-order valence-electron chi connectivity index (χ3n) is 4.29. The first-order valence-corrected chi connectivity index (χ1v) is 9.41. The van der Waals surface area contributed by atoms with Crippen LogP contribution in [-0.4, -0.2) is 37.6 Å². The molecule has 0 saturated carbocycles. The lowest BCUT2D eigenvalue weighted by Gasteiger charge is -2.33. The van der Waals surface area contributed by atoms with Crippen LogP contribution >= 0.6 is 0 Å². The zero-order valence-electron chi connectivity index (χ0n) is 13.4. The first-order valence-electron chi connectivity index (χ1n) is 7.80. The first-order chi connectivity index (χ1) is 10.9. The number of hydrogen-bond acceptors (Lipinski definition) is 4. The van der Waals surface area contributed by atoms with Crippen LogP contribution < -0.4 is 5.32 Å². The minimum Gasteiger partial charge on any atom is -0.307 e. The highest BCUT2D eigenvalue weighted by atomic mass is 32.2. The van der Waals surface area contributed by atoms with Crippen LogP contribution in [0.2, 0.25) is 0 Å². The summed E-state index contributed by atoms with van der Waals surface area (Å²) in [4.78, 5) is 0. The number of nitriles is 1. The minimum atomic E-state index is -3.12. The van der Waals surface area contributed by atoms with E-state index in [4.69, 9.17) is 5.26 Å². The van der Waals surface area contributed by atoms with Crippen molar-refractivity contribution < 1.29 is 12.8 Å². The van der Waals surface area contributed by atoms with E-state index >= 15 is 0 Å². The summed E-state index contributed by atoms with van der Waals surface area (Å²) < 4.78 is 39.2. The molecule has 0 aliphatic carbocycles. The van der Waals surface area contributed by atoms with Gasteiger partial charge in [0.05, 0.1) is 17.4 Å². The molecular weight excluding hydrogens is 317 g/mol. The van der Waals surface area contributed by atoms with E-state index in [9.17, 15) is 12.8 Å². The number of halogens is 1. The Bertz CT molecular complexity index is 692. The van der Waals surface area contributed by atoms with E-state index in [1.807, 2.05) is 13.0 Å².